The molecule has 1 spiro atoms. The Morgan fingerprint density at radius 3 is 2.33 bits per heavy atom. The lowest BCUT2D eigenvalue weighted by molar-refractivity contribution is 0.0517. The second-order valence-corrected chi connectivity index (χ2v) is 8.07. The van der Waals surface area contributed by atoms with Crippen molar-refractivity contribution in [3.63, 3.8) is 0 Å². The molecule has 0 aromatic heterocycles. The molecule has 0 aromatic carbocycles. The molecule has 2 aliphatic carbocycles. The molecule has 0 aromatic rings. The van der Waals surface area contributed by atoms with Crippen molar-refractivity contribution in [1.82, 2.24) is 10.2 Å². The van der Waals surface area contributed by atoms with Gasteiger partial charge in [0.15, 0.2) is 0 Å². The maximum absolute atomic E-state index is 3.75. The monoisotopic (exact) mass is 292 g/mol. The molecule has 0 radical (unpaired) electrons. The topological polar surface area (TPSA) is 15.3 Å². The first-order valence-corrected chi connectivity index (χ1v) is 9.77. The van der Waals surface area contributed by atoms with E-state index in [1.54, 1.807) is 0 Å². The van der Waals surface area contributed by atoms with Gasteiger partial charge in [-0.2, -0.15) is 0 Å². The minimum Gasteiger partial charge on any atom is -0.314 e. The summed E-state index contributed by atoms with van der Waals surface area (Å²) in [5.41, 5.74) is 0.766. The number of nitrogens with one attached hydrogen (secondary N) is 1. The molecule has 1 aliphatic heterocycles. The summed E-state index contributed by atoms with van der Waals surface area (Å²) in [6.07, 6.45) is 16.3. The molecule has 0 amide bonds. The maximum Gasteiger partial charge on any atom is 0.0107 e. The summed E-state index contributed by atoms with van der Waals surface area (Å²) in [6, 6.07) is 0.800. The summed E-state index contributed by atoms with van der Waals surface area (Å²) in [4.78, 5) is 2.81. The van der Waals surface area contributed by atoms with Gasteiger partial charge in [-0.25, -0.2) is 0 Å². The Labute approximate surface area is 132 Å². The summed E-state index contributed by atoms with van der Waals surface area (Å²) < 4.78 is 0. The standard InChI is InChI=1S/C19H36N2/c1-2-20-18-9-5-4-8-17(18)16-21-14-12-19(13-15-21)10-6-3-7-11-19/h17-18,20H,2-16H2,1H3. The van der Waals surface area contributed by atoms with Crippen LogP contribution in [0.4, 0.5) is 0 Å². The van der Waals surface area contributed by atoms with Crippen molar-refractivity contribution >= 4 is 0 Å². The SMILES string of the molecule is CCNC1CCCCC1CN1CCC2(CCCCC2)CC1. The van der Waals surface area contributed by atoms with Crippen LogP contribution in [0.1, 0.15) is 77.6 Å². The minimum atomic E-state index is 0.766. The van der Waals surface area contributed by atoms with Gasteiger partial charge in [-0.3, -0.25) is 0 Å². The molecule has 0 bridgehead atoms. The van der Waals surface area contributed by atoms with E-state index in [0.717, 1.165) is 23.9 Å². The predicted octanol–water partition coefficient (Wildman–Crippen LogP) is 4.20. The van der Waals surface area contributed by atoms with Crippen LogP contribution in [-0.2, 0) is 0 Å². The smallest absolute Gasteiger partial charge is 0.0107 e. The second-order valence-electron chi connectivity index (χ2n) is 8.07. The van der Waals surface area contributed by atoms with E-state index in [4.69, 9.17) is 0 Å². The second kappa shape index (κ2) is 7.46. The fraction of sp³-hybridized carbons (Fsp3) is 1.00. The van der Waals surface area contributed by atoms with Crippen LogP contribution in [0, 0.1) is 11.3 Å². The quantitative estimate of drug-likeness (QED) is 0.835. The minimum absolute atomic E-state index is 0.766. The number of piperidine rings is 1. The van der Waals surface area contributed by atoms with Gasteiger partial charge in [-0.05, 0) is 69.5 Å². The van der Waals surface area contributed by atoms with Crippen LogP contribution < -0.4 is 5.32 Å². The molecule has 1 heterocycles. The van der Waals surface area contributed by atoms with Crippen LogP contribution >= 0.6 is 0 Å². The number of hydrogen-bond acceptors (Lipinski definition) is 2. The van der Waals surface area contributed by atoms with Gasteiger partial charge >= 0.3 is 0 Å². The molecule has 21 heavy (non-hydrogen) atoms. The van der Waals surface area contributed by atoms with Crippen LogP contribution in [0.5, 0.6) is 0 Å². The Balaban J connectivity index is 1.47. The Morgan fingerprint density at radius 2 is 1.62 bits per heavy atom. The van der Waals surface area contributed by atoms with Gasteiger partial charge in [0.1, 0.15) is 0 Å². The van der Waals surface area contributed by atoms with Gasteiger partial charge in [0.25, 0.3) is 0 Å². The molecule has 122 valence electrons. The van der Waals surface area contributed by atoms with Crippen molar-refractivity contribution in [3.8, 4) is 0 Å². The van der Waals surface area contributed by atoms with Crippen molar-refractivity contribution in [3.05, 3.63) is 0 Å². The third-order valence-corrected chi connectivity index (χ3v) is 6.70. The molecule has 2 saturated carbocycles. The van der Waals surface area contributed by atoms with Crippen molar-refractivity contribution in [2.24, 2.45) is 11.3 Å². The molecule has 1 N–H and O–H groups in total. The van der Waals surface area contributed by atoms with E-state index in [-0.39, 0.29) is 0 Å². The molecule has 2 nitrogen and oxygen atoms in total. The number of nitrogens with zero attached hydrogens (tertiary/aromatic N) is 1. The van der Waals surface area contributed by atoms with E-state index in [2.05, 4.69) is 17.1 Å². The van der Waals surface area contributed by atoms with E-state index in [0.29, 0.717) is 0 Å². The number of hydrogen-bond donors (Lipinski definition) is 1. The first kappa shape index (κ1) is 15.8. The Kier molecular flexibility index (Phi) is 5.61. The van der Waals surface area contributed by atoms with Gasteiger partial charge in [0.05, 0.1) is 0 Å². The van der Waals surface area contributed by atoms with Crippen LogP contribution in [0.15, 0.2) is 0 Å². The number of rotatable bonds is 4. The zero-order valence-electron chi connectivity index (χ0n) is 14.2. The summed E-state index contributed by atoms with van der Waals surface area (Å²) in [5, 5.41) is 3.75. The van der Waals surface area contributed by atoms with Crippen molar-refractivity contribution in [2.75, 3.05) is 26.2 Å². The van der Waals surface area contributed by atoms with Crippen LogP contribution in [0.25, 0.3) is 0 Å². The highest BCUT2D eigenvalue weighted by molar-refractivity contribution is 4.90. The van der Waals surface area contributed by atoms with Crippen LogP contribution in [0.2, 0.25) is 0 Å². The average molecular weight is 293 g/mol. The lowest BCUT2D eigenvalue weighted by Crippen LogP contribution is -2.47. The maximum atomic E-state index is 3.75. The summed E-state index contributed by atoms with van der Waals surface area (Å²) >= 11 is 0. The van der Waals surface area contributed by atoms with Crippen LogP contribution in [0.3, 0.4) is 0 Å². The molecule has 2 atom stereocenters. The highest BCUT2D eigenvalue weighted by atomic mass is 15.1. The Hall–Kier alpha value is -0.0800. The highest BCUT2D eigenvalue weighted by Gasteiger charge is 2.36. The van der Waals surface area contributed by atoms with Crippen LogP contribution in [-0.4, -0.2) is 37.1 Å². The van der Waals surface area contributed by atoms with Gasteiger partial charge in [-0.1, -0.05) is 39.0 Å². The van der Waals surface area contributed by atoms with E-state index in [1.807, 2.05) is 0 Å². The molecule has 3 fully saturated rings. The zero-order chi connectivity index (χ0) is 14.5. The first-order valence-electron chi connectivity index (χ1n) is 9.77. The first-order chi connectivity index (χ1) is 10.3. The lowest BCUT2D eigenvalue weighted by atomic mass is 9.68. The molecule has 1 saturated heterocycles. The summed E-state index contributed by atoms with van der Waals surface area (Å²) in [7, 11) is 0. The molecular weight excluding hydrogens is 256 g/mol. The summed E-state index contributed by atoms with van der Waals surface area (Å²) in [5.74, 6) is 0.916. The lowest BCUT2D eigenvalue weighted by Gasteiger charge is -2.46. The van der Waals surface area contributed by atoms with Crippen molar-refractivity contribution in [2.45, 2.75) is 83.6 Å². The van der Waals surface area contributed by atoms with Gasteiger partial charge in [-0.15, -0.1) is 0 Å². The van der Waals surface area contributed by atoms with E-state index in [9.17, 15) is 0 Å². The molecule has 3 aliphatic rings. The normalized spacial score (nSPS) is 34.1. The average Bonchev–Trinajstić information content (AvgIpc) is 2.53. The Bertz CT molecular complexity index is 297. The van der Waals surface area contributed by atoms with E-state index >= 15 is 0 Å². The predicted molar refractivity (Wildman–Crippen MR) is 90.6 cm³/mol. The number of likely N-dealkylation sites (tertiary alicyclic amines) is 1. The third-order valence-electron chi connectivity index (χ3n) is 6.70. The van der Waals surface area contributed by atoms with E-state index in [1.165, 1.54) is 90.3 Å². The fourth-order valence-electron chi connectivity index (χ4n) is 5.30. The van der Waals surface area contributed by atoms with Gasteiger partial charge < -0.3 is 10.2 Å². The largest absolute Gasteiger partial charge is 0.314 e. The van der Waals surface area contributed by atoms with Crippen molar-refractivity contribution in [1.29, 1.82) is 0 Å². The molecule has 3 rings (SSSR count). The Morgan fingerprint density at radius 1 is 0.905 bits per heavy atom. The fourth-order valence-corrected chi connectivity index (χ4v) is 5.30. The highest BCUT2D eigenvalue weighted by Crippen LogP contribution is 2.44. The summed E-state index contributed by atoms with van der Waals surface area (Å²) in [6.45, 7) is 7.54. The van der Waals surface area contributed by atoms with E-state index < -0.39 is 0 Å². The van der Waals surface area contributed by atoms with Crippen molar-refractivity contribution < 1.29 is 0 Å². The van der Waals surface area contributed by atoms with Gasteiger partial charge in [0.2, 0.25) is 0 Å². The molecular formula is C19H36N2. The molecule has 2 unspecified atom stereocenters. The van der Waals surface area contributed by atoms with Gasteiger partial charge in [0, 0.05) is 12.6 Å². The third kappa shape index (κ3) is 4.01. The zero-order valence-corrected chi connectivity index (χ0v) is 14.2. The molecule has 2 heteroatoms.